The summed E-state index contributed by atoms with van der Waals surface area (Å²) >= 11 is 0. The number of hydrogen-bond donors (Lipinski definition) is 2. The third-order valence-corrected chi connectivity index (χ3v) is 1.33. The highest BCUT2D eigenvalue weighted by Gasteiger charge is 2.26. The highest BCUT2D eigenvalue weighted by molar-refractivity contribution is 5.85. The van der Waals surface area contributed by atoms with Crippen LogP contribution in [0.3, 0.4) is 0 Å². The lowest BCUT2D eigenvalue weighted by Gasteiger charge is -1.95. The van der Waals surface area contributed by atoms with Crippen molar-refractivity contribution in [3.63, 3.8) is 0 Å². The Morgan fingerprint density at radius 3 is 2.36 bits per heavy atom. The van der Waals surface area contributed by atoms with Gasteiger partial charge in [-0.3, -0.25) is 9.59 Å². The number of carboxylic acids is 1. The second-order valence-electron chi connectivity index (χ2n) is 2.04. The van der Waals surface area contributed by atoms with E-state index in [0.29, 0.717) is 0 Å². The molecule has 0 aromatic rings. The predicted molar refractivity (Wildman–Crippen MR) is 38.6 cm³/mol. The smallest absolute Gasteiger partial charge is 0.308 e. The number of carboxylic acid groups (broad SMARTS) is 1. The summed E-state index contributed by atoms with van der Waals surface area (Å²) in [5.41, 5.74) is 0. The first-order valence-electron chi connectivity index (χ1n) is 3.03. The maximum atomic E-state index is 10.4. The van der Waals surface area contributed by atoms with Crippen LogP contribution in [0.25, 0.3) is 0 Å². The minimum absolute atomic E-state index is 0.134. The van der Waals surface area contributed by atoms with E-state index in [1.165, 1.54) is 0 Å². The van der Waals surface area contributed by atoms with Gasteiger partial charge in [0, 0.05) is 13.0 Å². The molecule has 4 nitrogen and oxygen atoms in total. The minimum Gasteiger partial charge on any atom is -0.481 e. The summed E-state index contributed by atoms with van der Waals surface area (Å²) in [6.07, 6.45) is 8.13. The van der Waals surface area contributed by atoms with Gasteiger partial charge in [0.15, 0.2) is 0 Å². The number of carbonyl (C=O) groups excluding carboxylic acids is 1. The van der Waals surface area contributed by atoms with Crippen LogP contribution in [0.4, 0.5) is 0 Å². The van der Waals surface area contributed by atoms with Crippen LogP contribution in [0.5, 0.6) is 0 Å². The molecule has 1 atom stereocenters. The number of nitrogens with one attached hydrogen (secondary N) is 1. The summed E-state index contributed by atoms with van der Waals surface area (Å²) in [6, 6.07) is 0. The zero-order valence-corrected chi connectivity index (χ0v) is 5.91. The lowest BCUT2D eigenvalue weighted by molar-refractivity contribution is -0.141. The van der Waals surface area contributed by atoms with Crippen molar-refractivity contribution >= 4 is 11.9 Å². The van der Waals surface area contributed by atoms with E-state index < -0.39 is 11.9 Å². The van der Waals surface area contributed by atoms with Crippen LogP contribution in [-0.4, -0.2) is 23.5 Å². The van der Waals surface area contributed by atoms with Crippen molar-refractivity contribution in [3.8, 4) is 12.8 Å². The molecular weight excluding hydrogens is 146 g/mol. The summed E-state index contributed by atoms with van der Waals surface area (Å²) in [5.74, 6) is -1.56. The van der Waals surface area contributed by atoms with Gasteiger partial charge in [-0.15, -0.1) is 12.8 Å². The van der Waals surface area contributed by atoms with Gasteiger partial charge in [0.05, 0.1) is 5.92 Å². The SMILES string of the molecule is C#C.O=C1C[C@H](C(=O)O)CN1. The van der Waals surface area contributed by atoms with E-state index >= 15 is 0 Å². The number of amides is 1. The topological polar surface area (TPSA) is 66.4 Å². The van der Waals surface area contributed by atoms with Crippen molar-refractivity contribution in [1.82, 2.24) is 5.32 Å². The minimum atomic E-state index is -0.895. The van der Waals surface area contributed by atoms with Crippen molar-refractivity contribution in [3.05, 3.63) is 0 Å². The van der Waals surface area contributed by atoms with E-state index in [1.54, 1.807) is 0 Å². The molecule has 0 aromatic heterocycles. The molecule has 1 aliphatic rings. The van der Waals surface area contributed by atoms with Crippen molar-refractivity contribution in [2.75, 3.05) is 6.54 Å². The Hall–Kier alpha value is -1.50. The molecule has 0 spiro atoms. The molecule has 0 unspecified atom stereocenters. The van der Waals surface area contributed by atoms with E-state index in [4.69, 9.17) is 5.11 Å². The summed E-state index contributed by atoms with van der Waals surface area (Å²) in [7, 11) is 0. The highest BCUT2D eigenvalue weighted by atomic mass is 16.4. The zero-order chi connectivity index (χ0) is 8.85. The second-order valence-corrected chi connectivity index (χ2v) is 2.04. The summed E-state index contributed by atoms with van der Waals surface area (Å²) in [4.78, 5) is 20.5. The maximum Gasteiger partial charge on any atom is 0.308 e. The molecule has 1 heterocycles. The van der Waals surface area contributed by atoms with Gasteiger partial charge in [0.2, 0.25) is 5.91 Å². The first kappa shape index (κ1) is 9.50. The van der Waals surface area contributed by atoms with E-state index in [2.05, 4.69) is 18.2 Å². The van der Waals surface area contributed by atoms with Crippen LogP contribution in [-0.2, 0) is 9.59 Å². The Kier molecular flexibility index (Phi) is 3.75. The fourth-order valence-electron chi connectivity index (χ4n) is 0.780. The Bertz CT molecular complexity index is 185. The molecule has 1 amide bonds. The molecular formula is C7H9NO3. The zero-order valence-electron chi connectivity index (χ0n) is 5.91. The largest absolute Gasteiger partial charge is 0.481 e. The number of terminal acetylenes is 1. The van der Waals surface area contributed by atoms with Crippen LogP contribution in [0.15, 0.2) is 0 Å². The molecule has 1 saturated heterocycles. The average Bonchev–Trinajstić information content (AvgIpc) is 2.40. The van der Waals surface area contributed by atoms with Gasteiger partial charge in [-0.2, -0.15) is 0 Å². The Morgan fingerprint density at radius 1 is 1.64 bits per heavy atom. The van der Waals surface area contributed by atoms with Crippen LogP contribution < -0.4 is 5.32 Å². The molecule has 0 radical (unpaired) electrons. The van der Waals surface area contributed by atoms with Crippen molar-refractivity contribution in [1.29, 1.82) is 0 Å². The Morgan fingerprint density at radius 2 is 2.18 bits per heavy atom. The second kappa shape index (κ2) is 4.34. The molecule has 0 aliphatic carbocycles. The van der Waals surface area contributed by atoms with Gasteiger partial charge >= 0.3 is 5.97 Å². The van der Waals surface area contributed by atoms with E-state index in [-0.39, 0.29) is 18.9 Å². The summed E-state index contributed by atoms with van der Waals surface area (Å²) < 4.78 is 0. The van der Waals surface area contributed by atoms with Crippen LogP contribution in [0.1, 0.15) is 6.42 Å². The highest BCUT2D eigenvalue weighted by Crippen LogP contribution is 2.07. The molecule has 1 rings (SSSR count). The first-order chi connectivity index (χ1) is 5.20. The molecule has 0 aromatic carbocycles. The number of hydrogen-bond acceptors (Lipinski definition) is 2. The average molecular weight is 155 g/mol. The quantitative estimate of drug-likeness (QED) is 0.499. The molecule has 1 aliphatic heterocycles. The van der Waals surface area contributed by atoms with Crippen LogP contribution in [0.2, 0.25) is 0 Å². The van der Waals surface area contributed by atoms with Crippen LogP contribution in [0, 0.1) is 18.8 Å². The standard InChI is InChI=1S/C5H7NO3.C2H2/c7-4-1-3(2-6-4)5(8)9;1-2/h3H,1-2H2,(H,6,7)(H,8,9);1-2H/t3-;/m0./s1. The van der Waals surface area contributed by atoms with E-state index in [1.807, 2.05) is 0 Å². The molecule has 11 heavy (non-hydrogen) atoms. The molecule has 4 heteroatoms. The molecule has 0 bridgehead atoms. The fraction of sp³-hybridized carbons (Fsp3) is 0.429. The molecule has 0 saturated carbocycles. The molecule has 1 fully saturated rings. The first-order valence-corrected chi connectivity index (χ1v) is 3.03. The third-order valence-electron chi connectivity index (χ3n) is 1.33. The lowest BCUT2D eigenvalue weighted by Crippen LogP contribution is -2.17. The van der Waals surface area contributed by atoms with Crippen molar-refractivity contribution in [2.45, 2.75) is 6.42 Å². The van der Waals surface area contributed by atoms with Gasteiger partial charge in [-0.05, 0) is 0 Å². The lowest BCUT2D eigenvalue weighted by atomic mass is 10.1. The molecule has 2 N–H and O–H groups in total. The van der Waals surface area contributed by atoms with Gasteiger partial charge < -0.3 is 10.4 Å². The number of carbonyl (C=O) groups is 2. The van der Waals surface area contributed by atoms with E-state index in [9.17, 15) is 9.59 Å². The van der Waals surface area contributed by atoms with Crippen molar-refractivity contribution in [2.24, 2.45) is 5.92 Å². The van der Waals surface area contributed by atoms with Gasteiger partial charge in [0.25, 0.3) is 0 Å². The third kappa shape index (κ3) is 2.72. The number of aliphatic carboxylic acids is 1. The Labute approximate surface area is 64.6 Å². The predicted octanol–water partition coefficient (Wildman–Crippen LogP) is -0.544. The fourth-order valence-corrected chi connectivity index (χ4v) is 0.780. The Balaban J connectivity index is 0.000000461. The van der Waals surface area contributed by atoms with Crippen LogP contribution >= 0.6 is 0 Å². The van der Waals surface area contributed by atoms with Gasteiger partial charge in [-0.1, -0.05) is 0 Å². The molecule has 60 valence electrons. The summed E-state index contributed by atoms with van der Waals surface area (Å²) in [6.45, 7) is 0.286. The van der Waals surface area contributed by atoms with E-state index in [0.717, 1.165) is 0 Å². The van der Waals surface area contributed by atoms with Gasteiger partial charge in [-0.25, -0.2) is 0 Å². The van der Waals surface area contributed by atoms with Gasteiger partial charge in [0.1, 0.15) is 0 Å². The normalized spacial score (nSPS) is 21.3. The summed E-state index contributed by atoms with van der Waals surface area (Å²) in [5, 5.41) is 10.8. The van der Waals surface area contributed by atoms with Crippen molar-refractivity contribution < 1.29 is 14.7 Å². The maximum absolute atomic E-state index is 10.4. The number of rotatable bonds is 1. The monoisotopic (exact) mass is 155 g/mol.